The SMILES string of the molecule is CCOC(=O)N1CCN(C(=O)c2csc(C3CCN(C(=O)c4cc(OC)c5ccccc5n4)CC3)n2)CC1. The van der Waals surface area contributed by atoms with Gasteiger partial charge in [-0.3, -0.25) is 9.59 Å². The first-order valence-corrected chi connectivity index (χ1v) is 13.8. The number of aromatic nitrogens is 2. The molecule has 2 aromatic heterocycles. The topological polar surface area (TPSA) is 105 Å². The molecular formula is C27H31N5O5S. The highest BCUT2D eigenvalue weighted by Crippen LogP contribution is 2.32. The Morgan fingerprint density at radius 2 is 1.58 bits per heavy atom. The maximum atomic E-state index is 13.2. The van der Waals surface area contributed by atoms with Gasteiger partial charge in [0, 0.05) is 62.0 Å². The fourth-order valence-corrected chi connectivity index (χ4v) is 5.92. The Hall–Kier alpha value is -3.73. The van der Waals surface area contributed by atoms with Crippen LogP contribution in [0.5, 0.6) is 5.75 Å². The van der Waals surface area contributed by atoms with Crippen molar-refractivity contribution in [1.29, 1.82) is 0 Å². The van der Waals surface area contributed by atoms with Gasteiger partial charge in [0.15, 0.2) is 0 Å². The Bertz CT molecular complexity index is 1330. The molecule has 0 spiro atoms. The Balaban J connectivity index is 1.17. The zero-order valence-electron chi connectivity index (χ0n) is 21.6. The number of likely N-dealkylation sites (tertiary alicyclic amines) is 1. The van der Waals surface area contributed by atoms with Crippen LogP contribution in [0.25, 0.3) is 10.9 Å². The number of rotatable bonds is 5. The van der Waals surface area contributed by atoms with Crippen LogP contribution in [-0.2, 0) is 4.74 Å². The molecule has 11 heteroatoms. The number of nitrogens with zero attached hydrogens (tertiary/aromatic N) is 5. The number of hydrogen-bond acceptors (Lipinski definition) is 8. The van der Waals surface area contributed by atoms with Crippen molar-refractivity contribution in [2.75, 3.05) is 53.0 Å². The number of piperazine rings is 1. The summed E-state index contributed by atoms with van der Waals surface area (Å²) in [6.45, 7) is 5.12. The quantitative estimate of drug-likeness (QED) is 0.489. The zero-order valence-corrected chi connectivity index (χ0v) is 22.4. The predicted molar refractivity (Wildman–Crippen MR) is 143 cm³/mol. The van der Waals surface area contributed by atoms with Crippen LogP contribution in [0.4, 0.5) is 4.79 Å². The van der Waals surface area contributed by atoms with Gasteiger partial charge in [-0.2, -0.15) is 0 Å². The van der Waals surface area contributed by atoms with Crippen LogP contribution in [0.2, 0.25) is 0 Å². The summed E-state index contributed by atoms with van der Waals surface area (Å²) in [4.78, 5) is 52.6. The number of carbonyl (C=O) groups excluding carboxylic acids is 3. The molecule has 2 saturated heterocycles. The number of para-hydroxylation sites is 1. The highest BCUT2D eigenvalue weighted by atomic mass is 32.1. The molecule has 2 aliphatic heterocycles. The maximum Gasteiger partial charge on any atom is 0.409 e. The third kappa shape index (κ3) is 5.28. The van der Waals surface area contributed by atoms with E-state index in [9.17, 15) is 14.4 Å². The molecule has 0 atom stereocenters. The molecule has 5 rings (SSSR count). The number of pyridine rings is 1. The zero-order chi connectivity index (χ0) is 26.6. The van der Waals surface area contributed by atoms with Crippen molar-refractivity contribution in [3.63, 3.8) is 0 Å². The van der Waals surface area contributed by atoms with Gasteiger partial charge in [-0.1, -0.05) is 12.1 Å². The number of amides is 3. The summed E-state index contributed by atoms with van der Waals surface area (Å²) in [6.07, 6.45) is 1.21. The minimum Gasteiger partial charge on any atom is -0.496 e. The standard InChI is InChI=1S/C27H31N5O5S/c1-3-37-27(35)32-14-12-31(13-15-32)26(34)22-17-38-24(29-22)18-8-10-30(11-9-18)25(33)21-16-23(36-2)19-6-4-5-7-20(19)28-21/h4-7,16-18H,3,8-15H2,1-2H3. The molecule has 3 amide bonds. The van der Waals surface area contributed by atoms with E-state index in [0.29, 0.717) is 63.0 Å². The summed E-state index contributed by atoms with van der Waals surface area (Å²) >= 11 is 1.50. The van der Waals surface area contributed by atoms with E-state index < -0.39 is 0 Å². The van der Waals surface area contributed by atoms with Crippen molar-refractivity contribution < 1.29 is 23.9 Å². The number of piperidine rings is 1. The molecule has 2 aliphatic rings. The highest BCUT2D eigenvalue weighted by molar-refractivity contribution is 7.09. The van der Waals surface area contributed by atoms with E-state index in [2.05, 4.69) is 9.97 Å². The van der Waals surface area contributed by atoms with Crippen molar-refractivity contribution in [3.05, 3.63) is 52.1 Å². The monoisotopic (exact) mass is 537 g/mol. The fraction of sp³-hybridized carbons (Fsp3) is 0.444. The molecule has 200 valence electrons. The molecule has 0 radical (unpaired) electrons. The van der Waals surface area contributed by atoms with Crippen molar-refractivity contribution >= 4 is 40.1 Å². The lowest BCUT2D eigenvalue weighted by atomic mass is 9.97. The second-order valence-electron chi connectivity index (χ2n) is 9.34. The molecule has 0 unspecified atom stereocenters. The van der Waals surface area contributed by atoms with Gasteiger partial charge in [-0.15, -0.1) is 11.3 Å². The molecule has 0 bridgehead atoms. The van der Waals surface area contributed by atoms with Crippen molar-refractivity contribution in [1.82, 2.24) is 24.7 Å². The second kappa shape index (κ2) is 11.3. The van der Waals surface area contributed by atoms with Crippen LogP contribution in [0, 0.1) is 0 Å². The van der Waals surface area contributed by atoms with E-state index in [1.807, 2.05) is 34.5 Å². The Morgan fingerprint density at radius 1 is 0.921 bits per heavy atom. The fourth-order valence-electron chi connectivity index (χ4n) is 4.96. The first kappa shape index (κ1) is 25.9. The molecular weight excluding hydrogens is 506 g/mol. The highest BCUT2D eigenvalue weighted by Gasteiger charge is 2.30. The van der Waals surface area contributed by atoms with Crippen molar-refractivity contribution in [3.8, 4) is 5.75 Å². The Labute approximate surface area is 225 Å². The van der Waals surface area contributed by atoms with Crippen LogP contribution in [0.1, 0.15) is 51.7 Å². The molecule has 0 aliphatic carbocycles. The predicted octanol–water partition coefficient (Wildman–Crippen LogP) is 3.63. The Kier molecular flexibility index (Phi) is 7.73. The number of thiazole rings is 1. The van der Waals surface area contributed by atoms with Gasteiger partial charge in [-0.05, 0) is 31.9 Å². The molecule has 38 heavy (non-hydrogen) atoms. The number of benzene rings is 1. The lowest BCUT2D eigenvalue weighted by Gasteiger charge is -2.33. The lowest BCUT2D eigenvalue weighted by Crippen LogP contribution is -2.50. The van der Waals surface area contributed by atoms with Gasteiger partial charge in [0.2, 0.25) is 0 Å². The van der Waals surface area contributed by atoms with E-state index >= 15 is 0 Å². The first-order chi connectivity index (χ1) is 18.5. The second-order valence-corrected chi connectivity index (χ2v) is 10.2. The third-order valence-electron chi connectivity index (χ3n) is 7.08. The minimum absolute atomic E-state index is 0.107. The van der Waals surface area contributed by atoms with E-state index in [1.54, 1.807) is 29.9 Å². The normalized spacial score (nSPS) is 16.5. The van der Waals surface area contributed by atoms with Crippen molar-refractivity contribution in [2.24, 2.45) is 0 Å². The van der Waals surface area contributed by atoms with Gasteiger partial charge < -0.3 is 24.2 Å². The molecule has 0 saturated carbocycles. The van der Waals surface area contributed by atoms with Gasteiger partial charge in [0.25, 0.3) is 11.8 Å². The van der Waals surface area contributed by atoms with Gasteiger partial charge >= 0.3 is 6.09 Å². The van der Waals surface area contributed by atoms with Gasteiger partial charge in [0.05, 0.1) is 24.2 Å². The van der Waals surface area contributed by atoms with Gasteiger partial charge in [0.1, 0.15) is 17.1 Å². The number of ether oxygens (including phenoxy) is 2. The Morgan fingerprint density at radius 3 is 2.29 bits per heavy atom. The largest absolute Gasteiger partial charge is 0.496 e. The number of carbonyl (C=O) groups is 3. The van der Waals surface area contributed by atoms with E-state index in [1.165, 1.54) is 11.3 Å². The van der Waals surface area contributed by atoms with Crippen LogP contribution in [-0.4, -0.2) is 95.6 Å². The third-order valence-corrected chi connectivity index (χ3v) is 8.09. The molecule has 2 fully saturated rings. The van der Waals surface area contributed by atoms with Crippen LogP contribution in [0.15, 0.2) is 35.7 Å². The average molecular weight is 538 g/mol. The molecule has 1 aromatic carbocycles. The average Bonchev–Trinajstić information content (AvgIpc) is 3.46. The van der Waals surface area contributed by atoms with Crippen LogP contribution < -0.4 is 4.74 Å². The summed E-state index contributed by atoms with van der Waals surface area (Å²) in [5.74, 6) is 0.617. The number of hydrogen-bond donors (Lipinski definition) is 0. The van der Waals surface area contributed by atoms with E-state index in [-0.39, 0.29) is 23.8 Å². The smallest absolute Gasteiger partial charge is 0.409 e. The van der Waals surface area contributed by atoms with E-state index in [0.717, 1.165) is 28.8 Å². The maximum absolute atomic E-state index is 13.2. The van der Waals surface area contributed by atoms with E-state index in [4.69, 9.17) is 9.47 Å². The first-order valence-electron chi connectivity index (χ1n) is 12.9. The molecule has 3 aromatic rings. The minimum atomic E-state index is -0.337. The summed E-state index contributed by atoms with van der Waals surface area (Å²) < 4.78 is 10.5. The lowest BCUT2D eigenvalue weighted by molar-refractivity contribution is 0.0566. The summed E-state index contributed by atoms with van der Waals surface area (Å²) in [5.41, 5.74) is 1.55. The van der Waals surface area contributed by atoms with Crippen molar-refractivity contribution in [2.45, 2.75) is 25.7 Å². The summed E-state index contributed by atoms with van der Waals surface area (Å²) in [5, 5.41) is 3.62. The van der Waals surface area contributed by atoms with Crippen LogP contribution >= 0.6 is 11.3 Å². The number of fused-ring (bicyclic) bond motifs is 1. The molecule has 10 nitrogen and oxygen atoms in total. The number of methoxy groups -OCH3 is 1. The van der Waals surface area contributed by atoms with Gasteiger partial charge in [-0.25, -0.2) is 14.8 Å². The van der Waals surface area contributed by atoms with Crippen LogP contribution in [0.3, 0.4) is 0 Å². The summed E-state index contributed by atoms with van der Waals surface area (Å²) in [6, 6.07) is 9.33. The summed E-state index contributed by atoms with van der Waals surface area (Å²) in [7, 11) is 1.60. The molecule has 4 heterocycles. The molecule has 0 N–H and O–H groups in total.